The minimum atomic E-state index is -4.69. The number of alkyl halides is 3. The van der Waals surface area contributed by atoms with E-state index in [-0.39, 0.29) is 11.7 Å². The van der Waals surface area contributed by atoms with Crippen molar-refractivity contribution in [2.45, 2.75) is 39.2 Å². The van der Waals surface area contributed by atoms with E-state index in [1.807, 2.05) is 13.8 Å². The van der Waals surface area contributed by atoms with Crippen molar-refractivity contribution in [2.24, 2.45) is 5.92 Å². The number of aliphatic hydroxyl groups is 1. The van der Waals surface area contributed by atoms with Crippen molar-refractivity contribution in [3.63, 3.8) is 0 Å². The van der Waals surface area contributed by atoms with Crippen LogP contribution in [0.4, 0.5) is 13.2 Å². The lowest BCUT2D eigenvalue weighted by Crippen LogP contribution is -2.17. The van der Waals surface area contributed by atoms with Gasteiger partial charge in [0.2, 0.25) is 0 Å². The molecule has 1 unspecified atom stereocenters. The van der Waals surface area contributed by atoms with Gasteiger partial charge in [-0.3, -0.25) is 0 Å². The average molecular weight is 262 g/mol. The number of rotatable bonds is 5. The number of hydrogen-bond acceptors (Lipinski definition) is 2. The molecule has 0 saturated carbocycles. The normalized spacial score (nSPS) is 13.7. The van der Waals surface area contributed by atoms with Gasteiger partial charge in [-0.15, -0.1) is 13.2 Å². The van der Waals surface area contributed by atoms with Crippen LogP contribution < -0.4 is 4.74 Å². The number of benzene rings is 1. The fourth-order valence-electron chi connectivity index (χ4n) is 1.87. The maximum absolute atomic E-state index is 12.0. The molecule has 1 rings (SSSR count). The summed E-state index contributed by atoms with van der Waals surface area (Å²) in [6, 6.07) is 5.36. The van der Waals surface area contributed by atoms with Gasteiger partial charge in [0, 0.05) is 0 Å². The van der Waals surface area contributed by atoms with Crippen molar-refractivity contribution in [3.8, 4) is 5.75 Å². The number of aliphatic hydroxyl groups excluding tert-OH is 1. The summed E-state index contributed by atoms with van der Waals surface area (Å²) in [7, 11) is 0. The van der Waals surface area contributed by atoms with Crippen LogP contribution in [0.5, 0.6) is 5.75 Å². The van der Waals surface area contributed by atoms with E-state index in [1.165, 1.54) is 24.3 Å². The highest BCUT2D eigenvalue weighted by atomic mass is 19.4. The fraction of sp³-hybridized carbons (Fsp3) is 0.538. The minimum absolute atomic E-state index is 0.111. The van der Waals surface area contributed by atoms with Crippen LogP contribution >= 0.6 is 0 Å². The van der Waals surface area contributed by atoms with Crippen molar-refractivity contribution >= 4 is 0 Å². The Balaban J connectivity index is 2.76. The lowest BCUT2D eigenvalue weighted by Gasteiger charge is -2.20. The molecular formula is C13H17F3O2. The zero-order valence-corrected chi connectivity index (χ0v) is 10.4. The zero-order chi connectivity index (χ0) is 13.8. The Bertz CT molecular complexity index is 355. The SMILES string of the molecule is CCC(CC)C(O)c1ccc(OC(F)(F)F)cc1. The lowest BCUT2D eigenvalue weighted by atomic mass is 9.91. The summed E-state index contributed by atoms with van der Waals surface area (Å²) in [5.74, 6) is -0.164. The van der Waals surface area contributed by atoms with E-state index >= 15 is 0 Å². The second-order valence-electron chi connectivity index (χ2n) is 4.14. The van der Waals surface area contributed by atoms with E-state index in [0.29, 0.717) is 5.56 Å². The quantitative estimate of drug-likeness (QED) is 0.867. The van der Waals surface area contributed by atoms with E-state index in [0.717, 1.165) is 12.8 Å². The van der Waals surface area contributed by atoms with Crippen LogP contribution in [-0.2, 0) is 0 Å². The fourth-order valence-corrected chi connectivity index (χ4v) is 1.87. The van der Waals surface area contributed by atoms with Crippen LogP contribution in [0.1, 0.15) is 38.4 Å². The second-order valence-corrected chi connectivity index (χ2v) is 4.14. The van der Waals surface area contributed by atoms with Gasteiger partial charge in [0.1, 0.15) is 5.75 Å². The Morgan fingerprint density at radius 1 is 1.11 bits per heavy atom. The van der Waals surface area contributed by atoms with Crippen LogP contribution in [0.15, 0.2) is 24.3 Å². The third kappa shape index (κ3) is 4.22. The molecule has 102 valence electrons. The molecular weight excluding hydrogens is 245 g/mol. The zero-order valence-electron chi connectivity index (χ0n) is 10.4. The van der Waals surface area contributed by atoms with Crippen molar-refractivity contribution in [3.05, 3.63) is 29.8 Å². The van der Waals surface area contributed by atoms with Gasteiger partial charge < -0.3 is 9.84 Å². The van der Waals surface area contributed by atoms with Crippen molar-refractivity contribution < 1.29 is 23.0 Å². The predicted octanol–water partition coefficient (Wildman–Crippen LogP) is 4.05. The standard InChI is InChI=1S/C13H17F3O2/c1-3-9(4-2)12(17)10-5-7-11(8-6-10)18-13(14,15)16/h5-9,12,17H,3-4H2,1-2H3. The average Bonchev–Trinajstić information content (AvgIpc) is 2.29. The molecule has 5 heteroatoms. The Hall–Kier alpha value is -1.23. The lowest BCUT2D eigenvalue weighted by molar-refractivity contribution is -0.274. The molecule has 0 heterocycles. The molecule has 0 aliphatic rings. The second kappa shape index (κ2) is 6.09. The molecule has 0 aromatic heterocycles. The topological polar surface area (TPSA) is 29.5 Å². The molecule has 2 nitrogen and oxygen atoms in total. The summed E-state index contributed by atoms with van der Waals surface area (Å²) < 4.78 is 39.7. The Kier molecular flexibility index (Phi) is 5.02. The van der Waals surface area contributed by atoms with Gasteiger partial charge in [-0.1, -0.05) is 38.8 Å². The molecule has 0 aliphatic heterocycles. The highest BCUT2D eigenvalue weighted by Gasteiger charge is 2.31. The van der Waals surface area contributed by atoms with Crippen LogP contribution in [0.3, 0.4) is 0 Å². The van der Waals surface area contributed by atoms with Gasteiger partial charge in [0.15, 0.2) is 0 Å². The molecule has 1 aromatic rings. The molecule has 0 saturated heterocycles. The van der Waals surface area contributed by atoms with E-state index in [9.17, 15) is 18.3 Å². The predicted molar refractivity (Wildman–Crippen MR) is 62.2 cm³/mol. The van der Waals surface area contributed by atoms with Gasteiger partial charge in [0.25, 0.3) is 0 Å². The Morgan fingerprint density at radius 3 is 2.00 bits per heavy atom. The first-order valence-electron chi connectivity index (χ1n) is 5.91. The molecule has 1 atom stereocenters. The molecule has 1 N–H and O–H groups in total. The van der Waals surface area contributed by atoms with Crippen LogP contribution in [-0.4, -0.2) is 11.5 Å². The van der Waals surface area contributed by atoms with Crippen molar-refractivity contribution in [2.75, 3.05) is 0 Å². The summed E-state index contributed by atoms with van der Waals surface area (Å²) in [6.07, 6.45) is -3.70. The Labute approximate surface area is 104 Å². The van der Waals surface area contributed by atoms with E-state index in [1.54, 1.807) is 0 Å². The summed E-state index contributed by atoms with van der Waals surface area (Å²) >= 11 is 0. The van der Waals surface area contributed by atoms with Crippen molar-refractivity contribution in [1.29, 1.82) is 0 Å². The largest absolute Gasteiger partial charge is 0.573 e. The summed E-state index contributed by atoms with van der Waals surface area (Å²) in [4.78, 5) is 0. The number of ether oxygens (including phenoxy) is 1. The first kappa shape index (κ1) is 14.8. The highest BCUT2D eigenvalue weighted by molar-refractivity contribution is 5.28. The summed E-state index contributed by atoms with van der Waals surface area (Å²) in [5.41, 5.74) is 0.609. The van der Waals surface area contributed by atoms with Crippen LogP contribution in [0, 0.1) is 5.92 Å². The third-order valence-corrected chi connectivity index (χ3v) is 2.95. The van der Waals surface area contributed by atoms with E-state index in [2.05, 4.69) is 4.74 Å². The van der Waals surface area contributed by atoms with Gasteiger partial charge in [0.05, 0.1) is 6.10 Å². The van der Waals surface area contributed by atoms with Gasteiger partial charge >= 0.3 is 6.36 Å². The third-order valence-electron chi connectivity index (χ3n) is 2.95. The smallest absolute Gasteiger partial charge is 0.406 e. The summed E-state index contributed by atoms with van der Waals surface area (Å²) in [6.45, 7) is 3.94. The monoisotopic (exact) mass is 262 g/mol. The maximum Gasteiger partial charge on any atom is 0.573 e. The van der Waals surface area contributed by atoms with Gasteiger partial charge in [-0.25, -0.2) is 0 Å². The molecule has 0 amide bonds. The highest BCUT2D eigenvalue weighted by Crippen LogP contribution is 2.29. The number of halogens is 3. The molecule has 0 fully saturated rings. The first-order chi connectivity index (χ1) is 8.37. The van der Waals surface area contributed by atoms with Crippen LogP contribution in [0.2, 0.25) is 0 Å². The molecule has 0 aliphatic carbocycles. The molecule has 0 radical (unpaired) electrons. The molecule has 0 spiro atoms. The first-order valence-corrected chi connectivity index (χ1v) is 5.91. The van der Waals surface area contributed by atoms with Gasteiger partial charge in [-0.2, -0.15) is 0 Å². The Morgan fingerprint density at radius 2 is 1.61 bits per heavy atom. The van der Waals surface area contributed by atoms with Crippen LogP contribution in [0.25, 0.3) is 0 Å². The van der Waals surface area contributed by atoms with E-state index < -0.39 is 12.5 Å². The van der Waals surface area contributed by atoms with Gasteiger partial charge in [-0.05, 0) is 23.6 Å². The number of hydrogen-bond donors (Lipinski definition) is 1. The molecule has 1 aromatic carbocycles. The van der Waals surface area contributed by atoms with E-state index in [4.69, 9.17) is 0 Å². The maximum atomic E-state index is 12.0. The minimum Gasteiger partial charge on any atom is -0.406 e. The summed E-state index contributed by atoms with van der Waals surface area (Å²) in [5, 5.41) is 10.0. The van der Waals surface area contributed by atoms with Crippen molar-refractivity contribution in [1.82, 2.24) is 0 Å². The molecule has 18 heavy (non-hydrogen) atoms. The molecule has 0 bridgehead atoms.